The van der Waals surface area contributed by atoms with Gasteiger partial charge >= 0.3 is 7.91 Å². The average Bonchev–Trinajstić information content (AvgIpc) is 1.78. The summed E-state index contributed by atoms with van der Waals surface area (Å²) in [6.07, 6.45) is 0.471. The molecule has 0 rings (SSSR count). The van der Waals surface area contributed by atoms with Gasteiger partial charge in [-0.05, 0) is 25.6 Å². The summed E-state index contributed by atoms with van der Waals surface area (Å²) in [5, 5.41) is 8.47. The van der Waals surface area contributed by atoms with Crippen LogP contribution in [-0.4, -0.2) is 24.9 Å². The van der Waals surface area contributed by atoms with E-state index in [0.717, 1.165) is 0 Å². The molecule has 0 aromatic heterocycles. The summed E-state index contributed by atoms with van der Waals surface area (Å²) in [4.78, 5) is 8.29. The Bertz CT molecular complexity index is 180. The molecule has 1 atom stereocenters. The number of halogens is 1. The van der Waals surface area contributed by atoms with Gasteiger partial charge in [0.2, 0.25) is 8.32 Å². The molecule has 0 aromatic carbocycles. The minimum atomic E-state index is -4.85. The van der Waals surface area contributed by atoms with E-state index in [-0.39, 0.29) is 6.61 Å². The van der Waals surface area contributed by atoms with Gasteiger partial charge in [-0.15, -0.1) is 4.20 Å². The SMILES string of the molecule is C[Si](C)(CCCO)OP(=O)(O)F. The molecule has 1 unspecified atom stereocenters. The first-order chi connectivity index (χ1) is 5.27. The predicted octanol–water partition coefficient (Wildman–Crippen LogP) is 1.66. The van der Waals surface area contributed by atoms with Crippen molar-refractivity contribution in [2.75, 3.05) is 6.61 Å². The van der Waals surface area contributed by atoms with E-state index in [1.54, 1.807) is 13.1 Å². The van der Waals surface area contributed by atoms with E-state index in [9.17, 15) is 8.76 Å². The average molecular weight is 216 g/mol. The molecule has 7 heteroatoms. The Morgan fingerprint density at radius 3 is 2.42 bits per heavy atom. The van der Waals surface area contributed by atoms with Crippen molar-refractivity contribution in [1.29, 1.82) is 0 Å². The second kappa shape index (κ2) is 4.48. The lowest BCUT2D eigenvalue weighted by Gasteiger charge is -2.21. The van der Waals surface area contributed by atoms with Crippen LogP contribution in [0.1, 0.15) is 6.42 Å². The summed E-state index contributed by atoms with van der Waals surface area (Å²) in [7, 11) is -7.26. The molecular formula is C5H14FO4PSi. The van der Waals surface area contributed by atoms with E-state index in [4.69, 9.17) is 10.00 Å². The largest absolute Gasteiger partial charge is 0.500 e. The molecule has 0 aromatic rings. The van der Waals surface area contributed by atoms with E-state index in [1.165, 1.54) is 0 Å². The van der Waals surface area contributed by atoms with Crippen molar-refractivity contribution in [1.82, 2.24) is 0 Å². The zero-order valence-electron chi connectivity index (χ0n) is 7.16. The molecule has 0 aliphatic rings. The quantitative estimate of drug-likeness (QED) is 0.541. The van der Waals surface area contributed by atoms with Crippen molar-refractivity contribution >= 4 is 16.2 Å². The third-order valence-electron chi connectivity index (χ3n) is 1.30. The van der Waals surface area contributed by atoms with Gasteiger partial charge in [0.1, 0.15) is 0 Å². The number of hydrogen-bond acceptors (Lipinski definition) is 3. The Labute approximate surface area is 72.2 Å². The maximum atomic E-state index is 12.2. The molecule has 2 N–H and O–H groups in total. The first-order valence-corrected chi connectivity index (χ1v) is 8.19. The molecule has 0 aliphatic carbocycles. The van der Waals surface area contributed by atoms with Crippen molar-refractivity contribution in [3.05, 3.63) is 0 Å². The standard InChI is InChI=1S/C5H14FO4PSi/c1-12(2,5-3-4-7)10-11(6,8)9/h7H,3-5H2,1-2H3,(H,8,9). The molecular weight excluding hydrogens is 202 g/mol. The van der Waals surface area contributed by atoms with Crippen LogP contribution in [0.2, 0.25) is 19.1 Å². The first kappa shape index (κ1) is 12.3. The maximum Gasteiger partial charge on any atom is 0.500 e. The smallest absolute Gasteiger partial charge is 0.396 e. The molecule has 4 nitrogen and oxygen atoms in total. The highest BCUT2D eigenvalue weighted by Crippen LogP contribution is 2.47. The summed E-state index contributed by atoms with van der Waals surface area (Å²) in [6.45, 7) is 3.25. The molecule has 0 amide bonds. The molecule has 0 aliphatic heterocycles. The highest BCUT2D eigenvalue weighted by molar-refractivity contribution is 7.48. The van der Waals surface area contributed by atoms with E-state index >= 15 is 0 Å². The summed E-state index contributed by atoms with van der Waals surface area (Å²) in [5.41, 5.74) is 0. The van der Waals surface area contributed by atoms with E-state index in [2.05, 4.69) is 4.21 Å². The molecule has 0 saturated carbocycles. The van der Waals surface area contributed by atoms with Crippen LogP contribution in [0.15, 0.2) is 0 Å². The second-order valence-electron chi connectivity index (χ2n) is 3.13. The molecule has 74 valence electrons. The lowest BCUT2D eigenvalue weighted by atomic mass is 10.5. The molecule has 12 heavy (non-hydrogen) atoms. The number of aliphatic hydroxyl groups excluding tert-OH is 1. The fraction of sp³-hybridized carbons (Fsp3) is 1.00. The minimum Gasteiger partial charge on any atom is -0.396 e. The molecule has 0 fully saturated rings. The van der Waals surface area contributed by atoms with Gasteiger partial charge in [-0.3, -0.25) is 4.89 Å². The zero-order chi connectivity index (χ0) is 9.83. The fourth-order valence-electron chi connectivity index (χ4n) is 0.855. The van der Waals surface area contributed by atoms with E-state index in [1.807, 2.05) is 0 Å². The predicted molar refractivity (Wildman–Crippen MR) is 46.0 cm³/mol. The van der Waals surface area contributed by atoms with Crippen LogP contribution in [0.25, 0.3) is 0 Å². The van der Waals surface area contributed by atoms with Crippen LogP contribution in [0.5, 0.6) is 0 Å². The van der Waals surface area contributed by atoms with Crippen molar-refractivity contribution in [2.24, 2.45) is 0 Å². The maximum absolute atomic E-state index is 12.2. The lowest BCUT2D eigenvalue weighted by Crippen LogP contribution is -2.28. The lowest BCUT2D eigenvalue weighted by molar-refractivity contribution is 0.289. The van der Waals surface area contributed by atoms with E-state index in [0.29, 0.717) is 12.5 Å². The Morgan fingerprint density at radius 1 is 1.58 bits per heavy atom. The van der Waals surface area contributed by atoms with Gasteiger partial charge in [-0.25, -0.2) is 4.57 Å². The van der Waals surface area contributed by atoms with Crippen LogP contribution >= 0.6 is 7.91 Å². The number of aliphatic hydroxyl groups is 1. The van der Waals surface area contributed by atoms with Gasteiger partial charge in [0.15, 0.2) is 0 Å². The monoisotopic (exact) mass is 216 g/mol. The van der Waals surface area contributed by atoms with E-state index < -0.39 is 16.2 Å². The van der Waals surface area contributed by atoms with Crippen LogP contribution in [0.3, 0.4) is 0 Å². The topological polar surface area (TPSA) is 66.8 Å². The molecule has 0 bridgehead atoms. The molecule has 0 radical (unpaired) electrons. The van der Waals surface area contributed by atoms with Crippen molar-refractivity contribution in [2.45, 2.75) is 25.6 Å². The Hall–Kier alpha value is 0.257. The second-order valence-corrected chi connectivity index (χ2v) is 8.78. The van der Waals surface area contributed by atoms with Crippen LogP contribution < -0.4 is 0 Å². The molecule has 0 spiro atoms. The molecule has 0 saturated heterocycles. The summed E-state index contributed by atoms with van der Waals surface area (Å²) >= 11 is 0. The Morgan fingerprint density at radius 2 is 2.08 bits per heavy atom. The van der Waals surface area contributed by atoms with Gasteiger partial charge < -0.3 is 9.32 Å². The highest BCUT2D eigenvalue weighted by Gasteiger charge is 2.32. The van der Waals surface area contributed by atoms with Gasteiger partial charge in [0.05, 0.1) is 0 Å². The summed E-state index contributed by atoms with van der Waals surface area (Å²) in [6, 6.07) is 0.470. The van der Waals surface area contributed by atoms with Crippen molar-refractivity contribution in [3.8, 4) is 0 Å². The number of rotatable bonds is 5. The summed E-state index contributed by atoms with van der Waals surface area (Å²) in [5.74, 6) is 0. The highest BCUT2D eigenvalue weighted by atomic mass is 31.2. The van der Waals surface area contributed by atoms with Gasteiger partial charge in [0.25, 0.3) is 0 Å². The van der Waals surface area contributed by atoms with Crippen LogP contribution in [0.4, 0.5) is 4.20 Å². The normalized spacial score (nSPS) is 17.4. The van der Waals surface area contributed by atoms with Crippen molar-refractivity contribution in [3.63, 3.8) is 0 Å². The third kappa shape index (κ3) is 6.94. The minimum absolute atomic E-state index is 0.0121. The Kier molecular flexibility index (Phi) is 4.58. The van der Waals surface area contributed by atoms with Gasteiger partial charge in [-0.2, -0.15) is 0 Å². The zero-order valence-corrected chi connectivity index (χ0v) is 9.05. The van der Waals surface area contributed by atoms with Gasteiger partial charge in [-0.1, -0.05) is 0 Å². The van der Waals surface area contributed by atoms with Crippen LogP contribution in [0, 0.1) is 0 Å². The Balaban J connectivity index is 3.95. The first-order valence-electron chi connectivity index (χ1n) is 3.61. The third-order valence-corrected chi connectivity index (χ3v) is 5.73. The number of hydrogen-bond donors (Lipinski definition) is 2. The summed E-state index contributed by atoms with van der Waals surface area (Å²) < 4.78 is 26.8. The fourth-order valence-corrected chi connectivity index (χ4v) is 4.67. The molecule has 0 heterocycles. The van der Waals surface area contributed by atoms with Crippen molar-refractivity contribution < 1.29 is 23.0 Å². The van der Waals surface area contributed by atoms with Crippen LogP contribution in [-0.2, 0) is 8.78 Å². The van der Waals surface area contributed by atoms with Gasteiger partial charge in [0, 0.05) is 6.61 Å².